The average molecular weight is 401 g/mol. The van der Waals surface area contributed by atoms with Crippen LogP contribution in [0.3, 0.4) is 0 Å². The molecule has 0 radical (unpaired) electrons. The molecule has 0 saturated carbocycles. The molecule has 0 bridgehead atoms. The van der Waals surface area contributed by atoms with Crippen molar-refractivity contribution < 1.29 is 12.9 Å². The molecule has 23 heavy (non-hydrogen) atoms. The third-order valence-corrected chi connectivity index (χ3v) is 5.84. The Morgan fingerprint density at radius 2 is 1.91 bits per heavy atom. The lowest BCUT2D eigenvalue weighted by molar-refractivity contribution is 0.430. The van der Waals surface area contributed by atoms with Crippen LogP contribution in [0.15, 0.2) is 32.1 Å². The first-order valence-corrected chi connectivity index (χ1v) is 9.93. The molecule has 2 aromatic rings. The third-order valence-electron chi connectivity index (χ3n) is 3.50. The molecule has 5 nitrogen and oxygen atoms in total. The number of nitrogens with zero attached hydrogens (tertiary/aromatic N) is 1. The fraction of sp³-hybridized carbons (Fsp3) is 0.438. The number of anilines is 1. The van der Waals surface area contributed by atoms with E-state index < -0.39 is 10.0 Å². The molecule has 1 aromatic heterocycles. The number of aryl methyl sites for hydroxylation is 3. The van der Waals surface area contributed by atoms with Crippen molar-refractivity contribution in [2.45, 2.75) is 51.3 Å². The SMILES string of the molecule is CCCc1ccc(CCC)c(S(=O)(=O)Nc2onc(C)c2Br)c1. The molecular formula is C16H21BrN2O3S. The summed E-state index contributed by atoms with van der Waals surface area (Å²) in [7, 11) is -3.73. The minimum Gasteiger partial charge on any atom is -0.336 e. The van der Waals surface area contributed by atoms with E-state index in [1.54, 1.807) is 13.0 Å². The maximum Gasteiger partial charge on any atom is 0.264 e. The number of sulfonamides is 1. The number of hydrogen-bond donors (Lipinski definition) is 1. The Morgan fingerprint density at radius 1 is 1.22 bits per heavy atom. The van der Waals surface area contributed by atoms with E-state index in [1.807, 2.05) is 19.1 Å². The summed E-state index contributed by atoms with van der Waals surface area (Å²) in [6, 6.07) is 5.67. The van der Waals surface area contributed by atoms with Gasteiger partial charge in [-0.15, -0.1) is 0 Å². The van der Waals surface area contributed by atoms with Crippen LogP contribution in [0.2, 0.25) is 0 Å². The maximum absolute atomic E-state index is 12.8. The van der Waals surface area contributed by atoms with E-state index in [2.05, 4.69) is 32.7 Å². The van der Waals surface area contributed by atoms with E-state index >= 15 is 0 Å². The van der Waals surface area contributed by atoms with Gasteiger partial charge in [0.15, 0.2) is 0 Å². The Hall–Kier alpha value is -1.34. The summed E-state index contributed by atoms with van der Waals surface area (Å²) in [6.45, 7) is 5.83. The molecular weight excluding hydrogens is 380 g/mol. The lowest BCUT2D eigenvalue weighted by Crippen LogP contribution is -2.15. The van der Waals surface area contributed by atoms with Crippen molar-refractivity contribution in [3.8, 4) is 0 Å². The van der Waals surface area contributed by atoms with Gasteiger partial charge in [-0.05, 0) is 52.9 Å². The van der Waals surface area contributed by atoms with Crippen molar-refractivity contribution in [3.63, 3.8) is 0 Å². The van der Waals surface area contributed by atoms with Crippen LogP contribution in [0.5, 0.6) is 0 Å². The Balaban J connectivity index is 2.44. The number of aromatic nitrogens is 1. The van der Waals surface area contributed by atoms with Gasteiger partial charge in [0.05, 0.1) is 10.6 Å². The van der Waals surface area contributed by atoms with Crippen LogP contribution in [0.25, 0.3) is 0 Å². The van der Waals surface area contributed by atoms with Crippen molar-refractivity contribution >= 4 is 31.8 Å². The summed E-state index contributed by atoms with van der Waals surface area (Å²) in [4.78, 5) is 0.311. The van der Waals surface area contributed by atoms with Crippen LogP contribution in [0.4, 0.5) is 5.88 Å². The molecule has 2 rings (SSSR count). The lowest BCUT2D eigenvalue weighted by atomic mass is 10.1. The molecule has 7 heteroatoms. The Bertz CT molecular complexity index is 785. The molecule has 0 aliphatic carbocycles. The second-order valence-corrected chi connectivity index (χ2v) is 7.90. The highest BCUT2D eigenvalue weighted by Gasteiger charge is 2.23. The van der Waals surface area contributed by atoms with Crippen molar-refractivity contribution in [1.29, 1.82) is 0 Å². The van der Waals surface area contributed by atoms with Crippen LogP contribution in [0.1, 0.15) is 43.5 Å². The third kappa shape index (κ3) is 4.14. The topological polar surface area (TPSA) is 72.2 Å². The first-order valence-electron chi connectivity index (χ1n) is 7.65. The number of halogens is 1. The zero-order valence-electron chi connectivity index (χ0n) is 13.5. The maximum atomic E-state index is 12.8. The molecule has 0 amide bonds. The van der Waals surface area contributed by atoms with Crippen molar-refractivity contribution in [1.82, 2.24) is 5.16 Å². The Kier molecular flexibility index (Phi) is 5.86. The Labute approximate surface area is 145 Å². The van der Waals surface area contributed by atoms with Gasteiger partial charge in [0, 0.05) is 0 Å². The van der Waals surface area contributed by atoms with E-state index in [4.69, 9.17) is 4.52 Å². The molecule has 0 spiro atoms. The Morgan fingerprint density at radius 3 is 2.48 bits per heavy atom. The van der Waals surface area contributed by atoms with E-state index in [0.717, 1.165) is 30.4 Å². The molecule has 1 heterocycles. The zero-order chi connectivity index (χ0) is 17.0. The van der Waals surface area contributed by atoms with Gasteiger partial charge in [0.1, 0.15) is 4.47 Å². The van der Waals surface area contributed by atoms with E-state index in [-0.39, 0.29) is 5.88 Å². The van der Waals surface area contributed by atoms with Crippen LogP contribution < -0.4 is 4.72 Å². The molecule has 0 saturated heterocycles. The largest absolute Gasteiger partial charge is 0.336 e. The molecule has 1 aromatic carbocycles. The van der Waals surface area contributed by atoms with E-state index in [1.165, 1.54) is 0 Å². The molecule has 0 aliphatic heterocycles. The van der Waals surface area contributed by atoms with Gasteiger partial charge in [-0.3, -0.25) is 0 Å². The predicted molar refractivity (Wildman–Crippen MR) is 94.2 cm³/mol. The quantitative estimate of drug-likeness (QED) is 0.744. The van der Waals surface area contributed by atoms with Gasteiger partial charge < -0.3 is 4.52 Å². The fourth-order valence-corrected chi connectivity index (χ4v) is 4.06. The molecule has 126 valence electrons. The standard InChI is InChI=1S/C16H21BrN2O3S/c1-4-6-12-8-9-13(7-5-2)14(10-12)23(20,21)19-16-15(17)11(3)18-22-16/h8-10,19H,4-7H2,1-3H3. The van der Waals surface area contributed by atoms with Crippen molar-refractivity contribution in [2.75, 3.05) is 4.72 Å². The molecule has 0 unspecified atom stereocenters. The van der Waals surface area contributed by atoms with Gasteiger partial charge in [0.25, 0.3) is 15.9 Å². The van der Waals surface area contributed by atoms with Crippen LogP contribution in [0, 0.1) is 6.92 Å². The summed E-state index contributed by atoms with van der Waals surface area (Å²) >= 11 is 3.28. The van der Waals surface area contributed by atoms with E-state index in [0.29, 0.717) is 21.5 Å². The van der Waals surface area contributed by atoms with Crippen molar-refractivity contribution in [2.24, 2.45) is 0 Å². The highest BCUT2D eigenvalue weighted by atomic mass is 79.9. The van der Waals surface area contributed by atoms with Crippen LogP contribution in [-0.4, -0.2) is 13.6 Å². The molecule has 0 atom stereocenters. The van der Waals surface area contributed by atoms with Crippen LogP contribution in [-0.2, 0) is 22.9 Å². The minimum absolute atomic E-state index is 0.103. The van der Waals surface area contributed by atoms with Crippen LogP contribution >= 0.6 is 15.9 Å². The zero-order valence-corrected chi connectivity index (χ0v) is 15.9. The average Bonchev–Trinajstić information content (AvgIpc) is 2.81. The van der Waals surface area contributed by atoms with Crippen molar-refractivity contribution in [3.05, 3.63) is 39.5 Å². The summed E-state index contributed by atoms with van der Waals surface area (Å²) in [5, 5.41) is 3.75. The predicted octanol–water partition coefficient (Wildman–Crippen LogP) is 4.45. The summed E-state index contributed by atoms with van der Waals surface area (Å²) in [5.74, 6) is 0.103. The van der Waals surface area contributed by atoms with Gasteiger partial charge in [-0.2, -0.15) is 0 Å². The highest BCUT2D eigenvalue weighted by Crippen LogP contribution is 2.29. The van der Waals surface area contributed by atoms with Gasteiger partial charge >= 0.3 is 0 Å². The molecule has 0 fully saturated rings. The van der Waals surface area contributed by atoms with E-state index in [9.17, 15) is 8.42 Å². The monoisotopic (exact) mass is 400 g/mol. The number of hydrogen-bond acceptors (Lipinski definition) is 4. The van der Waals surface area contributed by atoms with Gasteiger partial charge in [-0.1, -0.05) is 44.0 Å². The fourth-order valence-electron chi connectivity index (χ4n) is 2.37. The molecule has 0 aliphatic rings. The second kappa shape index (κ2) is 7.49. The second-order valence-electron chi connectivity index (χ2n) is 5.46. The number of nitrogens with one attached hydrogen (secondary N) is 1. The smallest absolute Gasteiger partial charge is 0.264 e. The lowest BCUT2D eigenvalue weighted by Gasteiger charge is -2.12. The minimum atomic E-state index is -3.73. The van der Waals surface area contributed by atoms with Gasteiger partial charge in [-0.25, -0.2) is 13.1 Å². The number of rotatable bonds is 7. The summed E-state index contributed by atoms with van der Waals surface area (Å²) in [5.41, 5.74) is 2.42. The molecule has 1 N–H and O–H groups in total. The highest BCUT2D eigenvalue weighted by molar-refractivity contribution is 9.10. The number of benzene rings is 1. The first-order chi connectivity index (χ1) is 10.9. The first kappa shape index (κ1) is 18.0. The summed E-state index contributed by atoms with van der Waals surface area (Å²) in [6.07, 6.45) is 3.40. The summed E-state index contributed by atoms with van der Waals surface area (Å²) < 4.78 is 33.6. The van der Waals surface area contributed by atoms with Gasteiger partial charge in [0.2, 0.25) is 0 Å². The normalized spacial score (nSPS) is 11.7.